The summed E-state index contributed by atoms with van der Waals surface area (Å²) in [6.07, 6.45) is 1.50. The highest BCUT2D eigenvalue weighted by atomic mass is 32.2. The number of rotatable bonds is 9. The average Bonchev–Trinajstić information content (AvgIpc) is 3.28. The van der Waals surface area contributed by atoms with Gasteiger partial charge in [0, 0.05) is 42.8 Å². The molecule has 2 fully saturated rings. The number of thioether (sulfide) groups is 1. The van der Waals surface area contributed by atoms with Gasteiger partial charge in [-0.25, -0.2) is 17.9 Å². The molecule has 3 rings (SSSR count). The van der Waals surface area contributed by atoms with Crippen LogP contribution in [0.4, 0.5) is 0 Å². The molecule has 2 unspecified atom stereocenters. The van der Waals surface area contributed by atoms with Crippen LogP contribution in [0.3, 0.4) is 0 Å². The molecule has 3 heterocycles. The van der Waals surface area contributed by atoms with E-state index in [9.17, 15) is 32.7 Å². The highest BCUT2D eigenvalue weighted by Crippen LogP contribution is 2.51. The lowest BCUT2D eigenvalue weighted by Gasteiger charge is -2.47. The van der Waals surface area contributed by atoms with E-state index < -0.39 is 51.9 Å². The zero-order valence-corrected chi connectivity index (χ0v) is 22.2. The van der Waals surface area contributed by atoms with Crippen LogP contribution in [0.5, 0.6) is 0 Å². The lowest BCUT2D eigenvalue weighted by atomic mass is 9.78. The second-order valence-electron chi connectivity index (χ2n) is 9.61. The van der Waals surface area contributed by atoms with E-state index in [0.29, 0.717) is 17.9 Å². The normalized spacial score (nSPS) is 29.9. The Balaban J connectivity index is 1.72. The fourth-order valence-corrected chi connectivity index (χ4v) is 7.21. The number of sulfonamides is 1. The predicted octanol–water partition coefficient (Wildman–Crippen LogP) is -1.25. The molecule has 3 amide bonds. The maximum absolute atomic E-state index is 13.0. The summed E-state index contributed by atoms with van der Waals surface area (Å²) < 4.78 is 25.0. The van der Waals surface area contributed by atoms with Gasteiger partial charge in [-0.1, -0.05) is 6.92 Å². The second-order valence-corrected chi connectivity index (χ2v) is 12.7. The summed E-state index contributed by atoms with van der Waals surface area (Å²) in [6, 6.07) is -2.42. The summed E-state index contributed by atoms with van der Waals surface area (Å²) in [5.41, 5.74) is -0.0400. The van der Waals surface area contributed by atoms with Crippen LogP contribution >= 0.6 is 11.8 Å². The number of β-lactam (4-membered cyclic amide) rings is 1. The van der Waals surface area contributed by atoms with E-state index in [1.807, 2.05) is 6.92 Å². The third-order valence-electron chi connectivity index (χ3n) is 6.61. The molecule has 0 aliphatic carbocycles. The van der Waals surface area contributed by atoms with Gasteiger partial charge in [0.15, 0.2) is 0 Å². The lowest BCUT2D eigenvalue weighted by Crippen LogP contribution is -2.66. The zero-order valence-electron chi connectivity index (χ0n) is 20.6. The lowest BCUT2D eigenvalue weighted by molar-refractivity contribution is -0.158. The first kappa shape index (κ1) is 27.4. The Morgan fingerprint density at radius 1 is 1.26 bits per heavy atom. The quantitative estimate of drug-likeness (QED) is 0.266. The van der Waals surface area contributed by atoms with Gasteiger partial charge in [-0.05, 0) is 20.3 Å². The van der Waals surface area contributed by atoms with Crippen molar-refractivity contribution < 1.29 is 32.7 Å². The van der Waals surface area contributed by atoms with Crippen LogP contribution < -0.4 is 15.4 Å². The minimum atomic E-state index is -3.59. The van der Waals surface area contributed by atoms with Gasteiger partial charge in [0.2, 0.25) is 27.7 Å². The fourth-order valence-electron chi connectivity index (χ4n) is 4.98. The van der Waals surface area contributed by atoms with Crippen LogP contribution in [0, 0.1) is 11.8 Å². The highest BCUT2D eigenvalue weighted by Gasteiger charge is 2.60. The van der Waals surface area contributed by atoms with Crippen molar-refractivity contribution >= 4 is 45.5 Å². The summed E-state index contributed by atoms with van der Waals surface area (Å²) in [7, 11) is -0.222. The first-order valence-corrected chi connectivity index (χ1v) is 14.1. The van der Waals surface area contributed by atoms with Gasteiger partial charge in [0.05, 0.1) is 30.3 Å². The molecule has 7 atom stereocenters. The summed E-state index contributed by atoms with van der Waals surface area (Å²) >= 11 is 1.39. The predicted molar refractivity (Wildman–Crippen MR) is 129 cm³/mol. The number of nitrogens with one attached hydrogen (secondary N) is 3. The van der Waals surface area contributed by atoms with Crippen molar-refractivity contribution in [2.45, 2.75) is 56.6 Å². The van der Waals surface area contributed by atoms with E-state index in [1.165, 1.54) is 28.5 Å². The van der Waals surface area contributed by atoms with Crippen LogP contribution in [0.15, 0.2) is 10.6 Å². The summed E-state index contributed by atoms with van der Waals surface area (Å²) in [4.78, 5) is 53.3. The van der Waals surface area contributed by atoms with Gasteiger partial charge in [-0.2, -0.15) is 0 Å². The van der Waals surface area contributed by atoms with Crippen molar-refractivity contribution in [2.24, 2.45) is 11.8 Å². The van der Waals surface area contributed by atoms with Crippen LogP contribution in [0.2, 0.25) is 0 Å². The number of hydrogen-bond acceptors (Lipinski definition) is 8. The SMILES string of the molecule is CC(NS(C)(=O)=O)C(=O)NC(C)[C@H]1C(=O)N2C(C(=O)O)=C(S[C@@H]3CN[C@H](C(=O)N(C)C)C3)[C@H](C)[C@H]12. The maximum atomic E-state index is 13.0. The maximum Gasteiger partial charge on any atom is 0.353 e. The van der Waals surface area contributed by atoms with E-state index in [-0.39, 0.29) is 28.8 Å². The molecule has 0 radical (unpaired) electrons. The first-order valence-electron chi connectivity index (χ1n) is 11.3. The van der Waals surface area contributed by atoms with E-state index >= 15 is 0 Å². The molecule has 35 heavy (non-hydrogen) atoms. The van der Waals surface area contributed by atoms with Crippen molar-refractivity contribution in [3.05, 3.63) is 10.6 Å². The van der Waals surface area contributed by atoms with Gasteiger partial charge in [0.25, 0.3) is 0 Å². The van der Waals surface area contributed by atoms with Crippen molar-refractivity contribution in [1.29, 1.82) is 0 Å². The molecule has 0 spiro atoms. The number of hydrogen-bond donors (Lipinski definition) is 4. The molecule has 0 aromatic rings. The Morgan fingerprint density at radius 2 is 1.89 bits per heavy atom. The van der Waals surface area contributed by atoms with Crippen LogP contribution in [-0.2, 0) is 29.2 Å². The number of carboxylic acid groups (broad SMARTS) is 1. The minimum Gasteiger partial charge on any atom is -0.477 e. The number of carbonyl (C=O) groups is 4. The third kappa shape index (κ3) is 5.49. The van der Waals surface area contributed by atoms with Gasteiger partial charge >= 0.3 is 5.97 Å². The molecule has 0 bridgehead atoms. The standard InChI is InChI=1S/C21H33N5O7S2/c1-9-15-14(10(2)23-18(27)11(3)24-35(6,32)33)20(29)26(15)16(21(30)31)17(9)34-12-7-13(22-8-12)19(28)25(4)5/h9-15,22,24H,7-8H2,1-6H3,(H,23,27)(H,30,31)/t9-,10?,11?,12+,13+,14-,15-/m1/s1. The summed E-state index contributed by atoms with van der Waals surface area (Å²) in [5, 5.41) is 15.8. The molecule has 0 aromatic heterocycles. The van der Waals surface area contributed by atoms with Crippen LogP contribution in [-0.4, -0.2) is 103 Å². The van der Waals surface area contributed by atoms with Crippen molar-refractivity contribution in [2.75, 3.05) is 26.9 Å². The van der Waals surface area contributed by atoms with Gasteiger partial charge in [-0.3, -0.25) is 14.4 Å². The number of carbonyl (C=O) groups excluding carboxylic acids is 3. The molecular weight excluding hydrogens is 498 g/mol. The number of carboxylic acids is 1. The largest absolute Gasteiger partial charge is 0.477 e. The van der Waals surface area contributed by atoms with E-state index in [1.54, 1.807) is 21.0 Å². The Kier molecular flexibility index (Phi) is 7.89. The molecule has 0 saturated carbocycles. The second kappa shape index (κ2) is 10.1. The van der Waals surface area contributed by atoms with E-state index in [2.05, 4.69) is 15.4 Å². The number of fused-ring (bicyclic) bond motifs is 1. The van der Waals surface area contributed by atoms with Crippen molar-refractivity contribution in [3.63, 3.8) is 0 Å². The van der Waals surface area contributed by atoms with E-state index in [0.717, 1.165) is 6.26 Å². The monoisotopic (exact) mass is 531 g/mol. The molecule has 4 N–H and O–H groups in total. The van der Waals surface area contributed by atoms with Crippen molar-refractivity contribution in [1.82, 2.24) is 25.2 Å². The average molecular weight is 532 g/mol. The number of amides is 3. The zero-order chi connectivity index (χ0) is 26.4. The topological polar surface area (TPSA) is 165 Å². The van der Waals surface area contributed by atoms with Crippen LogP contribution in [0.1, 0.15) is 27.2 Å². The minimum absolute atomic E-state index is 0.0250. The molecule has 2 saturated heterocycles. The molecular formula is C21H33N5O7S2. The fraction of sp³-hybridized carbons (Fsp3) is 0.714. The van der Waals surface area contributed by atoms with Crippen molar-refractivity contribution in [3.8, 4) is 0 Å². The van der Waals surface area contributed by atoms with Crippen LogP contribution in [0.25, 0.3) is 0 Å². The number of likely N-dealkylation sites (N-methyl/N-ethyl adjacent to an activating group) is 1. The molecule has 3 aliphatic heterocycles. The first-order chi connectivity index (χ1) is 16.1. The Bertz CT molecular complexity index is 1060. The van der Waals surface area contributed by atoms with Gasteiger partial charge < -0.3 is 25.5 Å². The molecule has 12 nitrogen and oxygen atoms in total. The van der Waals surface area contributed by atoms with Gasteiger partial charge in [0.1, 0.15) is 5.70 Å². The Hall–Kier alpha value is -2.16. The molecule has 14 heteroatoms. The smallest absolute Gasteiger partial charge is 0.353 e. The number of nitrogens with zero attached hydrogens (tertiary/aromatic N) is 2. The summed E-state index contributed by atoms with van der Waals surface area (Å²) in [6.45, 7) is 5.46. The number of aliphatic carboxylic acids is 1. The molecule has 196 valence electrons. The summed E-state index contributed by atoms with van der Waals surface area (Å²) in [5.74, 6) is -3.11. The highest BCUT2D eigenvalue weighted by molar-refractivity contribution is 8.03. The Labute approximate surface area is 209 Å². The van der Waals surface area contributed by atoms with E-state index in [4.69, 9.17) is 0 Å². The third-order valence-corrected chi connectivity index (χ3v) is 8.90. The molecule has 0 aromatic carbocycles. The van der Waals surface area contributed by atoms with Gasteiger partial charge in [-0.15, -0.1) is 11.8 Å². The Morgan fingerprint density at radius 3 is 2.43 bits per heavy atom. The molecule has 3 aliphatic rings.